The molecule has 1 amide bonds. The molecular formula is C16H27BN2O4. The molecule has 5 rings (SSSR count). The van der Waals surface area contributed by atoms with Crippen LogP contribution in [-0.2, 0) is 4.79 Å². The minimum atomic E-state index is -1.51. The summed E-state index contributed by atoms with van der Waals surface area (Å²) in [7, 11) is -1.51. The molecule has 0 spiro atoms. The van der Waals surface area contributed by atoms with E-state index in [0.717, 1.165) is 38.5 Å². The molecular weight excluding hydrogens is 295 g/mol. The number of nitrogens with zero attached hydrogens (tertiary/aromatic N) is 1. The van der Waals surface area contributed by atoms with Crippen LogP contribution in [0.5, 0.6) is 0 Å². The van der Waals surface area contributed by atoms with E-state index in [4.69, 9.17) is 5.73 Å². The first-order valence-electron chi connectivity index (χ1n) is 8.97. The predicted molar refractivity (Wildman–Crippen MR) is 85.0 cm³/mol. The van der Waals surface area contributed by atoms with Gasteiger partial charge in [0, 0.05) is 6.54 Å². The maximum absolute atomic E-state index is 13.0. The van der Waals surface area contributed by atoms with Gasteiger partial charge in [0.1, 0.15) is 0 Å². The Morgan fingerprint density at radius 2 is 1.87 bits per heavy atom. The lowest BCUT2D eigenvalue weighted by Crippen LogP contribution is -2.65. The van der Waals surface area contributed by atoms with Gasteiger partial charge >= 0.3 is 7.12 Å². The lowest BCUT2D eigenvalue weighted by molar-refractivity contribution is -0.177. The van der Waals surface area contributed by atoms with Gasteiger partial charge in [0.2, 0.25) is 5.91 Å². The Morgan fingerprint density at radius 1 is 1.22 bits per heavy atom. The smallest absolute Gasteiger partial charge is 0.426 e. The summed E-state index contributed by atoms with van der Waals surface area (Å²) in [6.45, 7) is 0.544. The van der Waals surface area contributed by atoms with Gasteiger partial charge in [-0.15, -0.1) is 0 Å². The van der Waals surface area contributed by atoms with Crippen molar-refractivity contribution in [2.75, 3.05) is 6.54 Å². The maximum Gasteiger partial charge on any atom is 0.475 e. The van der Waals surface area contributed by atoms with E-state index in [1.54, 1.807) is 4.90 Å². The Labute approximate surface area is 137 Å². The molecule has 0 aromatic heterocycles. The molecule has 4 saturated carbocycles. The van der Waals surface area contributed by atoms with Crippen molar-refractivity contribution >= 4 is 13.0 Å². The SMILES string of the molecule is N[C@H](C(=O)N1CCC[C@H]1B(O)O)C12CC3CC(CC(O)(C3)C1)C2. The molecule has 1 heterocycles. The molecule has 0 aromatic carbocycles. The number of hydrogen-bond donors (Lipinski definition) is 4. The third-order valence-corrected chi connectivity index (χ3v) is 6.93. The van der Waals surface area contributed by atoms with Crippen molar-refractivity contribution in [1.29, 1.82) is 0 Å². The fraction of sp³-hybridized carbons (Fsp3) is 0.938. The number of aliphatic hydroxyl groups is 1. The first-order valence-corrected chi connectivity index (χ1v) is 8.97. The molecule has 23 heavy (non-hydrogen) atoms. The molecule has 0 aromatic rings. The van der Waals surface area contributed by atoms with Crippen LogP contribution in [-0.4, -0.2) is 57.2 Å². The highest BCUT2D eigenvalue weighted by Crippen LogP contribution is 2.62. The number of hydrogen-bond acceptors (Lipinski definition) is 5. The predicted octanol–water partition coefficient (Wildman–Crippen LogP) is -0.352. The topological polar surface area (TPSA) is 107 Å². The first-order chi connectivity index (χ1) is 10.8. The first kappa shape index (κ1) is 15.9. The number of amides is 1. The van der Waals surface area contributed by atoms with Crippen molar-refractivity contribution in [1.82, 2.24) is 4.90 Å². The molecule has 6 nitrogen and oxygen atoms in total. The Bertz CT molecular complexity index is 500. The van der Waals surface area contributed by atoms with Crippen molar-refractivity contribution in [3.8, 4) is 0 Å². The van der Waals surface area contributed by atoms with Gasteiger partial charge in [-0.25, -0.2) is 0 Å². The van der Waals surface area contributed by atoms with Crippen LogP contribution in [0.4, 0.5) is 0 Å². The van der Waals surface area contributed by atoms with Crippen LogP contribution in [0.2, 0.25) is 0 Å². The summed E-state index contributed by atoms with van der Waals surface area (Å²) in [5.41, 5.74) is 5.51. The molecule has 2 unspecified atom stereocenters. The van der Waals surface area contributed by atoms with Crippen LogP contribution >= 0.6 is 0 Å². The number of likely N-dealkylation sites (tertiary alicyclic amines) is 1. The van der Waals surface area contributed by atoms with E-state index in [1.165, 1.54) is 0 Å². The molecule has 4 bridgehead atoms. The Balaban J connectivity index is 1.57. The van der Waals surface area contributed by atoms with Crippen LogP contribution < -0.4 is 5.73 Å². The minimum absolute atomic E-state index is 0.161. The highest BCUT2D eigenvalue weighted by atomic mass is 16.4. The lowest BCUT2D eigenvalue weighted by atomic mass is 9.46. The second kappa shape index (κ2) is 5.18. The van der Waals surface area contributed by atoms with Gasteiger partial charge in [0.05, 0.1) is 17.6 Å². The molecule has 4 atom stereocenters. The number of carbonyl (C=O) groups excluding carboxylic acids is 1. The zero-order chi connectivity index (χ0) is 16.4. The quantitative estimate of drug-likeness (QED) is 0.531. The average molecular weight is 322 g/mol. The van der Waals surface area contributed by atoms with Gasteiger partial charge in [0.15, 0.2) is 0 Å². The zero-order valence-electron chi connectivity index (χ0n) is 13.5. The van der Waals surface area contributed by atoms with Gasteiger partial charge < -0.3 is 25.8 Å². The van der Waals surface area contributed by atoms with Crippen molar-refractivity contribution < 1.29 is 19.9 Å². The second-order valence-electron chi connectivity index (χ2n) is 8.68. The average Bonchev–Trinajstić information content (AvgIpc) is 2.92. The van der Waals surface area contributed by atoms with Crippen LogP contribution in [0.3, 0.4) is 0 Å². The largest absolute Gasteiger partial charge is 0.475 e. The second-order valence-corrected chi connectivity index (χ2v) is 8.68. The Hall–Kier alpha value is -0.625. The van der Waals surface area contributed by atoms with Gasteiger partial charge in [-0.2, -0.15) is 0 Å². The van der Waals surface area contributed by atoms with Gasteiger partial charge in [0.25, 0.3) is 0 Å². The van der Waals surface area contributed by atoms with E-state index >= 15 is 0 Å². The molecule has 1 saturated heterocycles. The summed E-state index contributed by atoms with van der Waals surface area (Å²) in [4.78, 5) is 14.5. The fourth-order valence-electron chi connectivity index (χ4n) is 6.46. The minimum Gasteiger partial charge on any atom is -0.426 e. The van der Waals surface area contributed by atoms with E-state index in [2.05, 4.69) is 0 Å². The number of carbonyl (C=O) groups is 1. The van der Waals surface area contributed by atoms with Crippen LogP contribution in [0, 0.1) is 17.3 Å². The Kier molecular flexibility index (Phi) is 3.58. The van der Waals surface area contributed by atoms with Crippen molar-refractivity contribution in [3.63, 3.8) is 0 Å². The standard InChI is InChI=1S/C16H27BN2O4/c18-13(14(20)19-3-1-2-12(19)17(22)23)15-5-10-4-11(6-15)8-16(21,7-10)9-15/h10-13,21-23H,1-9,18H2/t10?,11?,12-,13+,15?,16?/m0/s1. The van der Waals surface area contributed by atoms with Crippen molar-refractivity contribution in [3.05, 3.63) is 0 Å². The van der Waals surface area contributed by atoms with Crippen molar-refractivity contribution in [2.45, 2.75) is 69.0 Å². The van der Waals surface area contributed by atoms with E-state index in [0.29, 0.717) is 31.2 Å². The molecule has 1 aliphatic heterocycles. The summed E-state index contributed by atoms with van der Waals surface area (Å²) in [6.07, 6.45) is 6.74. The maximum atomic E-state index is 13.0. The van der Waals surface area contributed by atoms with Crippen molar-refractivity contribution in [2.24, 2.45) is 23.0 Å². The highest BCUT2D eigenvalue weighted by molar-refractivity contribution is 6.43. The summed E-state index contributed by atoms with van der Waals surface area (Å²) >= 11 is 0. The van der Waals surface area contributed by atoms with Crippen LogP contribution in [0.1, 0.15) is 51.4 Å². The molecule has 4 aliphatic carbocycles. The molecule has 5 N–H and O–H groups in total. The van der Waals surface area contributed by atoms with Gasteiger partial charge in [-0.05, 0) is 68.6 Å². The zero-order valence-corrected chi connectivity index (χ0v) is 13.5. The van der Waals surface area contributed by atoms with Crippen LogP contribution in [0.25, 0.3) is 0 Å². The summed E-state index contributed by atoms with van der Waals surface area (Å²) < 4.78 is 0. The van der Waals surface area contributed by atoms with E-state index in [-0.39, 0.29) is 11.3 Å². The summed E-state index contributed by atoms with van der Waals surface area (Å²) in [5.74, 6) is 0.271. The summed E-state index contributed by atoms with van der Waals surface area (Å²) in [5, 5.41) is 29.9. The van der Waals surface area contributed by atoms with E-state index in [1.807, 2.05) is 0 Å². The Morgan fingerprint density at radius 3 is 2.43 bits per heavy atom. The fourth-order valence-corrected chi connectivity index (χ4v) is 6.46. The number of rotatable bonds is 3. The normalized spacial score (nSPS) is 46.3. The van der Waals surface area contributed by atoms with E-state index in [9.17, 15) is 19.9 Å². The van der Waals surface area contributed by atoms with Crippen LogP contribution in [0.15, 0.2) is 0 Å². The molecule has 5 fully saturated rings. The summed E-state index contributed by atoms with van der Waals surface area (Å²) in [6, 6.07) is -0.640. The molecule has 0 radical (unpaired) electrons. The third kappa shape index (κ3) is 2.44. The van der Waals surface area contributed by atoms with E-state index < -0.39 is 24.7 Å². The third-order valence-electron chi connectivity index (χ3n) is 6.93. The number of nitrogens with two attached hydrogens (primary N) is 1. The molecule has 128 valence electrons. The molecule has 5 aliphatic rings. The highest BCUT2D eigenvalue weighted by Gasteiger charge is 2.60. The lowest BCUT2D eigenvalue weighted by Gasteiger charge is -2.61. The monoisotopic (exact) mass is 322 g/mol. The molecule has 7 heteroatoms. The van der Waals surface area contributed by atoms with Gasteiger partial charge in [-0.1, -0.05) is 0 Å². The van der Waals surface area contributed by atoms with Gasteiger partial charge in [-0.3, -0.25) is 4.79 Å².